The summed E-state index contributed by atoms with van der Waals surface area (Å²) in [6, 6.07) is 13.7. The SMILES string of the molecule is O=C(C1C2CC21)N1CCN(c2ccnn3cc(-c4ccc(C56CCN(CC5)C6)cc4)cc23)CC1. The second kappa shape index (κ2) is 6.85. The van der Waals surface area contributed by atoms with Crippen molar-refractivity contribution in [3.63, 3.8) is 0 Å². The second-order valence-corrected chi connectivity index (χ2v) is 11.3. The Bertz CT molecular complexity index is 1270. The van der Waals surface area contributed by atoms with Gasteiger partial charge in [0.15, 0.2) is 0 Å². The van der Waals surface area contributed by atoms with Gasteiger partial charge in [0.25, 0.3) is 0 Å². The van der Waals surface area contributed by atoms with Crippen molar-refractivity contribution in [1.29, 1.82) is 0 Å². The quantitative estimate of drug-likeness (QED) is 0.608. The molecule has 2 aliphatic carbocycles. The zero-order valence-corrected chi connectivity index (χ0v) is 19.6. The van der Waals surface area contributed by atoms with Crippen LogP contribution in [-0.4, -0.2) is 71.1 Å². The highest BCUT2D eigenvalue weighted by Crippen LogP contribution is 2.68. The highest BCUT2D eigenvalue weighted by atomic mass is 16.2. The zero-order chi connectivity index (χ0) is 22.4. The van der Waals surface area contributed by atoms with E-state index in [9.17, 15) is 4.79 Å². The first kappa shape index (κ1) is 19.4. The van der Waals surface area contributed by atoms with Crippen LogP contribution in [0.25, 0.3) is 16.6 Å². The maximum absolute atomic E-state index is 12.7. The smallest absolute Gasteiger partial charge is 0.226 e. The minimum Gasteiger partial charge on any atom is -0.366 e. The topological polar surface area (TPSA) is 44.1 Å². The van der Waals surface area contributed by atoms with Gasteiger partial charge in [0.05, 0.1) is 11.2 Å². The molecule has 174 valence electrons. The second-order valence-electron chi connectivity index (χ2n) is 11.3. The van der Waals surface area contributed by atoms with Crippen molar-refractivity contribution in [1.82, 2.24) is 19.4 Å². The van der Waals surface area contributed by atoms with Gasteiger partial charge < -0.3 is 14.7 Å². The van der Waals surface area contributed by atoms with E-state index in [0.717, 1.165) is 43.5 Å². The zero-order valence-electron chi connectivity index (χ0n) is 19.6. The third kappa shape index (κ3) is 2.84. The maximum atomic E-state index is 12.7. The number of anilines is 1. The number of amides is 1. The molecule has 2 saturated carbocycles. The summed E-state index contributed by atoms with van der Waals surface area (Å²) in [6.45, 7) is 7.19. The molecule has 3 saturated heterocycles. The van der Waals surface area contributed by atoms with E-state index in [-0.39, 0.29) is 0 Å². The first-order valence-electron chi connectivity index (χ1n) is 13.0. The first-order chi connectivity index (χ1) is 16.7. The van der Waals surface area contributed by atoms with Gasteiger partial charge in [-0.05, 0) is 67.4 Å². The molecule has 2 bridgehead atoms. The Kier molecular flexibility index (Phi) is 3.92. The van der Waals surface area contributed by atoms with Gasteiger partial charge in [-0.25, -0.2) is 4.52 Å². The van der Waals surface area contributed by atoms with Crippen LogP contribution in [-0.2, 0) is 10.2 Å². The van der Waals surface area contributed by atoms with Crippen LogP contribution in [0.1, 0.15) is 24.8 Å². The molecule has 1 aromatic carbocycles. The van der Waals surface area contributed by atoms with Crippen LogP contribution in [0, 0.1) is 17.8 Å². The number of hydrogen-bond acceptors (Lipinski definition) is 4. The molecule has 3 aliphatic heterocycles. The Hall–Kier alpha value is -2.86. The Morgan fingerprint density at radius 2 is 1.68 bits per heavy atom. The van der Waals surface area contributed by atoms with E-state index in [1.54, 1.807) is 0 Å². The summed E-state index contributed by atoms with van der Waals surface area (Å²) in [6.07, 6.45) is 7.95. The Balaban J connectivity index is 1.03. The summed E-state index contributed by atoms with van der Waals surface area (Å²) in [4.78, 5) is 19.8. The molecule has 34 heavy (non-hydrogen) atoms. The summed E-state index contributed by atoms with van der Waals surface area (Å²) >= 11 is 0. The Labute approximate surface area is 200 Å². The third-order valence-electron chi connectivity index (χ3n) is 9.55. The largest absolute Gasteiger partial charge is 0.366 e. The predicted octanol–water partition coefficient (Wildman–Crippen LogP) is 3.26. The van der Waals surface area contributed by atoms with Gasteiger partial charge in [-0.15, -0.1) is 0 Å². The van der Waals surface area contributed by atoms with Crippen molar-refractivity contribution in [3.8, 4) is 11.1 Å². The van der Waals surface area contributed by atoms with E-state index >= 15 is 0 Å². The molecule has 3 aromatic rings. The number of fused-ring (bicyclic) bond motifs is 4. The molecule has 6 heteroatoms. The van der Waals surface area contributed by atoms with Gasteiger partial charge in [0.2, 0.25) is 5.91 Å². The first-order valence-corrected chi connectivity index (χ1v) is 13.0. The number of carbonyl (C=O) groups is 1. The lowest BCUT2D eigenvalue weighted by molar-refractivity contribution is -0.134. The monoisotopic (exact) mass is 453 g/mol. The van der Waals surface area contributed by atoms with Gasteiger partial charge in [-0.1, -0.05) is 24.3 Å². The van der Waals surface area contributed by atoms with Crippen LogP contribution >= 0.6 is 0 Å². The molecule has 0 radical (unpaired) electrons. The van der Waals surface area contributed by atoms with Gasteiger partial charge >= 0.3 is 0 Å². The average Bonchev–Trinajstić information content (AvgIpc) is 3.60. The molecule has 2 atom stereocenters. The van der Waals surface area contributed by atoms with E-state index in [0.29, 0.717) is 17.2 Å². The predicted molar refractivity (Wildman–Crippen MR) is 132 cm³/mol. The number of piperidine rings is 1. The standard InChI is InChI=1S/C28H31N5O/c34-27(26-22-16-23(22)26)32-13-11-31(12-14-32)24-5-8-29-33-17-20(15-25(24)33)19-1-3-21(4-2-19)28-6-9-30(18-28)10-7-28/h1-5,8,15,17,22-23,26H,6-7,9-14,16,18H2. The summed E-state index contributed by atoms with van der Waals surface area (Å²) in [7, 11) is 0. The van der Waals surface area contributed by atoms with Crippen LogP contribution in [0.5, 0.6) is 0 Å². The van der Waals surface area contributed by atoms with Gasteiger partial charge in [0, 0.05) is 62.0 Å². The summed E-state index contributed by atoms with van der Waals surface area (Å²) < 4.78 is 2.01. The maximum Gasteiger partial charge on any atom is 0.226 e. The van der Waals surface area contributed by atoms with Crippen molar-refractivity contribution >= 4 is 17.1 Å². The molecular formula is C28H31N5O. The van der Waals surface area contributed by atoms with Gasteiger partial charge in [-0.3, -0.25) is 4.79 Å². The number of hydrogen-bond donors (Lipinski definition) is 0. The summed E-state index contributed by atoms with van der Waals surface area (Å²) in [5.74, 6) is 2.27. The molecule has 1 amide bonds. The fraction of sp³-hybridized carbons (Fsp3) is 0.500. The van der Waals surface area contributed by atoms with Crippen LogP contribution in [0.2, 0.25) is 0 Å². The molecule has 5 heterocycles. The lowest BCUT2D eigenvalue weighted by Crippen LogP contribution is -2.49. The Morgan fingerprint density at radius 1 is 0.912 bits per heavy atom. The van der Waals surface area contributed by atoms with E-state index in [1.807, 2.05) is 10.7 Å². The molecule has 6 nitrogen and oxygen atoms in total. The number of rotatable bonds is 4. The van der Waals surface area contributed by atoms with E-state index in [2.05, 4.69) is 62.4 Å². The fourth-order valence-electron chi connectivity index (χ4n) is 7.07. The average molecular weight is 454 g/mol. The normalized spacial score (nSPS) is 33.4. The molecule has 5 fully saturated rings. The third-order valence-corrected chi connectivity index (χ3v) is 9.55. The number of benzene rings is 1. The van der Waals surface area contributed by atoms with Crippen molar-refractivity contribution < 1.29 is 4.79 Å². The van der Waals surface area contributed by atoms with Crippen LogP contribution < -0.4 is 4.90 Å². The molecule has 8 rings (SSSR count). The molecule has 0 spiro atoms. The highest BCUT2D eigenvalue weighted by Gasteiger charge is 2.68. The van der Waals surface area contributed by atoms with Crippen molar-refractivity contribution in [2.24, 2.45) is 17.8 Å². The van der Waals surface area contributed by atoms with Crippen LogP contribution in [0.15, 0.2) is 48.8 Å². The van der Waals surface area contributed by atoms with Gasteiger partial charge in [0.1, 0.15) is 0 Å². The number of nitrogens with zero attached hydrogens (tertiary/aromatic N) is 5. The molecule has 2 unspecified atom stereocenters. The highest BCUT2D eigenvalue weighted by molar-refractivity contribution is 5.85. The molecule has 2 aromatic heterocycles. The van der Waals surface area contributed by atoms with Gasteiger partial charge in [-0.2, -0.15) is 5.10 Å². The fourth-order valence-corrected chi connectivity index (χ4v) is 7.07. The van der Waals surface area contributed by atoms with E-state index in [1.165, 1.54) is 61.3 Å². The van der Waals surface area contributed by atoms with E-state index < -0.39 is 0 Å². The van der Waals surface area contributed by atoms with E-state index in [4.69, 9.17) is 0 Å². The van der Waals surface area contributed by atoms with Crippen molar-refractivity contribution in [3.05, 3.63) is 54.4 Å². The lowest BCUT2D eigenvalue weighted by atomic mass is 9.77. The molecular weight excluding hydrogens is 422 g/mol. The minimum atomic E-state index is 0.375. The Morgan fingerprint density at radius 3 is 2.32 bits per heavy atom. The minimum absolute atomic E-state index is 0.375. The lowest BCUT2D eigenvalue weighted by Gasteiger charge is -2.36. The summed E-state index contributed by atoms with van der Waals surface area (Å²) in [5, 5.41) is 4.60. The van der Waals surface area contributed by atoms with Crippen molar-refractivity contribution in [2.75, 3.05) is 50.7 Å². The number of aromatic nitrogens is 2. The summed E-state index contributed by atoms with van der Waals surface area (Å²) in [5.41, 5.74) is 6.73. The van der Waals surface area contributed by atoms with Crippen LogP contribution in [0.4, 0.5) is 5.69 Å². The number of piperazine rings is 1. The van der Waals surface area contributed by atoms with Crippen molar-refractivity contribution in [2.45, 2.75) is 24.7 Å². The molecule has 0 N–H and O–H groups in total. The van der Waals surface area contributed by atoms with Crippen LogP contribution in [0.3, 0.4) is 0 Å². The molecule has 5 aliphatic rings. The number of carbonyl (C=O) groups excluding carboxylic acids is 1.